The van der Waals surface area contributed by atoms with Gasteiger partial charge in [-0.1, -0.05) is 170 Å². The number of nitrogens with zero attached hydrogens (tertiary/aromatic N) is 3. The van der Waals surface area contributed by atoms with Gasteiger partial charge in [0.1, 0.15) is 11.2 Å². The van der Waals surface area contributed by atoms with Crippen molar-refractivity contribution in [2.24, 2.45) is 0 Å². The molecule has 0 atom stereocenters. The smallest absolute Gasteiger partial charge is 0.167 e. The molecule has 0 bridgehead atoms. The number of rotatable bonds is 6. The second-order valence-electron chi connectivity index (χ2n) is 13.9. The van der Waals surface area contributed by atoms with E-state index in [4.69, 9.17) is 19.4 Å². The maximum Gasteiger partial charge on any atom is 0.167 e. The van der Waals surface area contributed by atoms with Crippen LogP contribution >= 0.6 is 11.3 Å². The van der Waals surface area contributed by atoms with Gasteiger partial charge in [0.05, 0.1) is 5.56 Å². The number of fused-ring (bicyclic) bond motifs is 6. The molecule has 0 unspecified atom stereocenters. The highest BCUT2D eigenvalue weighted by Crippen LogP contribution is 2.45. The van der Waals surface area contributed by atoms with Crippen molar-refractivity contribution in [2.45, 2.75) is 0 Å². The molecule has 0 aliphatic carbocycles. The third kappa shape index (κ3) is 5.40. The molecule has 0 spiro atoms. The van der Waals surface area contributed by atoms with Gasteiger partial charge in [-0.15, -0.1) is 11.3 Å². The van der Waals surface area contributed by atoms with Gasteiger partial charge in [0, 0.05) is 47.6 Å². The fourth-order valence-electron chi connectivity index (χ4n) is 7.89. The summed E-state index contributed by atoms with van der Waals surface area (Å²) in [6.45, 7) is 0. The van der Waals surface area contributed by atoms with E-state index in [9.17, 15) is 0 Å². The molecule has 3 heterocycles. The molecule has 0 aliphatic heterocycles. The van der Waals surface area contributed by atoms with Gasteiger partial charge < -0.3 is 4.42 Å². The van der Waals surface area contributed by atoms with Gasteiger partial charge in [0.25, 0.3) is 0 Å². The third-order valence-corrected chi connectivity index (χ3v) is 11.9. The zero-order chi connectivity index (χ0) is 37.0. The van der Waals surface area contributed by atoms with E-state index >= 15 is 0 Å². The van der Waals surface area contributed by atoms with Gasteiger partial charge in [0.2, 0.25) is 0 Å². The highest BCUT2D eigenvalue weighted by atomic mass is 32.1. The Morgan fingerprint density at radius 1 is 0.304 bits per heavy atom. The Balaban J connectivity index is 1.11. The van der Waals surface area contributed by atoms with Crippen LogP contribution in [-0.2, 0) is 0 Å². The number of aromatic nitrogens is 3. The monoisotopic (exact) mass is 733 g/mol. The number of thiophene rings is 1. The standard InChI is InChI=1S/C51H31N3OS/c1-4-15-32(16-5-1)35-21-10-22-36(31-35)38-24-12-27-41-42-28-14-30-44(48(42)56-47(38)41)51-53-49(34-19-8-3-9-20-34)52-50(54-51)43-29-13-26-40-39-25-11-23-37(45(39)55-46(40)43)33-17-6-2-7-18-33/h1-31H. The Morgan fingerprint density at radius 3 is 1.43 bits per heavy atom. The fraction of sp³-hybridized carbons (Fsp3) is 0. The van der Waals surface area contributed by atoms with Crippen molar-refractivity contribution >= 4 is 53.4 Å². The summed E-state index contributed by atoms with van der Waals surface area (Å²) >= 11 is 1.80. The van der Waals surface area contributed by atoms with Gasteiger partial charge >= 0.3 is 0 Å². The summed E-state index contributed by atoms with van der Waals surface area (Å²) in [7, 11) is 0. The molecular formula is C51H31N3OS. The summed E-state index contributed by atoms with van der Waals surface area (Å²) in [5.74, 6) is 1.80. The van der Waals surface area contributed by atoms with E-state index in [1.54, 1.807) is 11.3 Å². The lowest BCUT2D eigenvalue weighted by Gasteiger charge is -2.09. The van der Waals surface area contributed by atoms with Crippen molar-refractivity contribution in [1.29, 1.82) is 0 Å². The van der Waals surface area contributed by atoms with Crippen LogP contribution in [0.3, 0.4) is 0 Å². The maximum absolute atomic E-state index is 6.82. The van der Waals surface area contributed by atoms with E-state index in [-0.39, 0.29) is 0 Å². The predicted octanol–water partition coefficient (Wildman–Crippen LogP) is 14.1. The van der Waals surface area contributed by atoms with Crippen LogP contribution in [0.2, 0.25) is 0 Å². The minimum absolute atomic E-state index is 0.566. The molecule has 0 amide bonds. The summed E-state index contributed by atoms with van der Waals surface area (Å²) in [5, 5.41) is 4.47. The van der Waals surface area contributed by atoms with Crippen molar-refractivity contribution in [3.8, 4) is 67.5 Å². The topological polar surface area (TPSA) is 51.8 Å². The summed E-state index contributed by atoms with van der Waals surface area (Å²) in [4.78, 5) is 15.6. The second kappa shape index (κ2) is 13.3. The van der Waals surface area contributed by atoms with Gasteiger partial charge in [-0.25, -0.2) is 15.0 Å². The highest BCUT2D eigenvalue weighted by Gasteiger charge is 2.21. The molecule has 4 nitrogen and oxygen atoms in total. The second-order valence-corrected chi connectivity index (χ2v) is 14.9. The zero-order valence-corrected chi connectivity index (χ0v) is 30.9. The van der Waals surface area contributed by atoms with E-state index in [0.717, 1.165) is 54.5 Å². The first-order valence-electron chi connectivity index (χ1n) is 18.7. The van der Waals surface area contributed by atoms with Crippen LogP contribution in [0, 0.1) is 0 Å². The van der Waals surface area contributed by atoms with E-state index in [2.05, 4.69) is 152 Å². The largest absolute Gasteiger partial charge is 0.455 e. The SMILES string of the molecule is c1ccc(-c2cccc(-c3cccc4c3sc3c(-c5nc(-c6ccccc6)nc(-c6cccc7c6oc6c(-c8ccccc8)cccc67)n5)cccc34)c2)cc1. The average molecular weight is 734 g/mol. The molecule has 0 aliphatic rings. The summed E-state index contributed by atoms with van der Waals surface area (Å²) in [6.07, 6.45) is 0. The molecule has 11 aromatic rings. The quantitative estimate of drug-likeness (QED) is 0.171. The minimum Gasteiger partial charge on any atom is -0.455 e. The van der Waals surface area contributed by atoms with Gasteiger partial charge in [-0.05, 0) is 46.0 Å². The van der Waals surface area contributed by atoms with E-state index in [0.29, 0.717) is 17.5 Å². The first kappa shape index (κ1) is 32.2. The molecule has 262 valence electrons. The van der Waals surface area contributed by atoms with Crippen LogP contribution in [0.4, 0.5) is 0 Å². The highest BCUT2D eigenvalue weighted by molar-refractivity contribution is 7.26. The van der Waals surface area contributed by atoms with E-state index < -0.39 is 0 Å². The first-order chi connectivity index (χ1) is 27.8. The van der Waals surface area contributed by atoms with Crippen LogP contribution in [0.1, 0.15) is 0 Å². The molecule has 3 aromatic heterocycles. The first-order valence-corrected chi connectivity index (χ1v) is 19.5. The normalized spacial score (nSPS) is 11.6. The Morgan fingerprint density at radius 2 is 0.750 bits per heavy atom. The van der Waals surface area contributed by atoms with Crippen LogP contribution in [0.25, 0.3) is 110 Å². The summed E-state index contributed by atoms with van der Waals surface area (Å²) < 4.78 is 9.19. The number of para-hydroxylation sites is 2. The lowest BCUT2D eigenvalue weighted by atomic mass is 9.98. The molecule has 5 heteroatoms. The molecule has 11 rings (SSSR count). The van der Waals surface area contributed by atoms with Crippen molar-refractivity contribution in [3.63, 3.8) is 0 Å². The van der Waals surface area contributed by atoms with Crippen molar-refractivity contribution in [1.82, 2.24) is 15.0 Å². The third-order valence-electron chi connectivity index (χ3n) is 10.6. The van der Waals surface area contributed by atoms with Crippen LogP contribution in [-0.4, -0.2) is 15.0 Å². The Bertz CT molecular complexity index is 3240. The van der Waals surface area contributed by atoms with E-state index in [1.165, 1.54) is 37.7 Å². The molecule has 0 radical (unpaired) electrons. The molecule has 0 saturated heterocycles. The summed E-state index contributed by atoms with van der Waals surface area (Å²) in [5.41, 5.74) is 11.3. The van der Waals surface area contributed by atoms with Gasteiger partial charge in [-0.2, -0.15) is 0 Å². The van der Waals surface area contributed by atoms with Crippen molar-refractivity contribution in [2.75, 3.05) is 0 Å². The Kier molecular flexibility index (Phi) is 7.64. The van der Waals surface area contributed by atoms with Crippen molar-refractivity contribution in [3.05, 3.63) is 188 Å². The molecule has 0 saturated carbocycles. The fourth-order valence-corrected chi connectivity index (χ4v) is 9.24. The molecular weight excluding hydrogens is 703 g/mol. The zero-order valence-electron chi connectivity index (χ0n) is 30.1. The molecule has 0 N–H and O–H groups in total. The predicted molar refractivity (Wildman–Crippen MR) is 233 cm³/mol. The van der Waals surface area contributed by atoms with Crippen LogP contribution in [0.5, 0.6) is 0 Å². The summed E-state index contributed by atoms with van der Waals surface area (Å²) in [6, 6.07) is 65.6. The molecule has 56 heavy (non-hydrogen) atoms. The number of benzene rings is 8. The lowest BCUT2D eigenvalue weighted by Crippen LogP contribution is -2.00. The number of hydrogen-bond acceptors (Lipinski definition) is 5. The Hall–Kier alpha value is -7.21. The average Bonchev–Trinajstić information content (AvgIpc) is 3.86. The lowest BCUT2D eigenvalue weighted by molar-refractivity contribution is 0.670. The maximum atomic E-state index is 6.82. The van der Waals surface area contributed by atoms with Gasteiger partial charge in [0.15, 0.2) is 17.5 Å². The minimum atomic E-state index is 0.566. The molecule has 0 fully saturated rings. The van der Waals surface area contributed by atoms with Crippen LogP contribution < -0.4 is 0 Å². The van der Waals surface area contributed by atoms with E-state index in [1.807, 2.05) is 36.4 Å². The molecule has 8 aromatic carbocycles. The van der Waals surface area contributed by atoms with Crippen LogP contribution in [0.15, 0.2) is 192 Å². The van der Waals surface area contributed by atoms with Crippen molar-refractivity contribution < 1.29 is 4.42 Å². The van der Waals surface area contributed by atoms with Gasteiger partial charge in [-0.3, -0.25) is 0 Å². The number of hydrogen-bond donors (Lipinski definition) is 0. The number of furan rings is 1. The Labute approximate surface area is 327 Å².